The van der Waals surface area contributed by atoms with E-state index in [4.69, 9.17) is 10.3 Å². The summed E-state index contributed by atoms with van der Waals surface area (Å²) in [6.07, 6.45) is 0.626. The van der Waals surface area contributed by atoms with Crippen molar-refractivity contribution in [3.63, 3.8) is 0 Å². The lowest BCUT2D eigenvalue weighted by molar-refractivity contribution is 0.421. The molecule has 0 aliphatic carbocycles. The molecule has 0 saturated carbocycles. The molecule has 0 amide bonds. The molecule has 2 heterocycles. The van der Waals surface area contributed by atoms with Gasteiger partial charge in [0, 0.05) is 12.5 Å². The molecule has 6 heteroatoms. The van der Waals surface area contributed by atoms with E-state index in [0.29, 0.717) is 18.1 Å². The average Bonchev–Trinajstić information content (AvgIpc) is 2.72. The van der Waals surface area contributed by atoms with Gasteiger partial charge in [0.2, 0.25) is 0 Å². The van der Waals surface area contributed by atoms with Gasteiger partial charge in [-0.2, -0.15) is 4.98 Å². The van der Waals surface area contributed by atoms with E-state index in [1.165, 1.54) is 11.3 Å². The van der Waals surface area contributed by atoms with Crippen LogP contribution < -0.4 is 5.73 Å². The lowest BCUT2D eigenvalue weighted by Crippen LogP contribution is -2.18. The molecule has 0 aromatic carbocycles. The fraction of sp³-hybridized carbons (Fsp3) is 0.444. The molecule has 0 radical (unpaired) electrons. The molecule has 15 heavy (non-hydrogen) atoms. The summed E-state index contributed by atoms with van der Waals surface area (Å²) in [7, 11) is 0. The topological polar surface area (TPSA) is 77.8 Å². The average molecular weight is 224 g/mol. The standard InChI is InChI=1S/C9H12N4OS/c1-5(10)3-7-12-9(14-13-7)8-6(2)11-4-15-8/h4-5H,3,10H2,1-2H3. The second-order valence-electron chi connectivity index (χ2n) is 3.46. The molecule has 0 spiro atoms. The summed E-state index contributed by atoms with van der Waals surface area (Å²) in [6, 6.07) is 0.0398. The predicted octanol–water partition coefficient (Wildman–Crippen LogP) is 1.39. The van der Waals surface area contributed by atoms with Gasteiger partial charge in [-0.1, -0.05) is 5.16 Å². The normalized spacial score (nSPS) is 13.0. The van der Waals surface area contributed by atoms with Gasteiger partial charge in [0.25, 0.3) is 5.89 Å². The highest BCUT2D eigenvalue weighted by atomic mass is 32.1. The van der Waals surface area contributed by atoms with Crippen LogP contribution >= 0.6 is 11.3 Å². The van der Waals surface area contributed by atoms with Crippen LogP contribution in [0.15, 0.2) is 10.0 Å². The van der Waals surface area contributed by atoms with Crippen molar-refractivity contribution < 1.29 is 4.52 Å². The highest BCUT2D eigenvalue weighted by molar-refractivity contribution is 7.13. The van der Waals surface area contributed by atoms with Crippen molar-refractivity contribution in [1.29, 1.82) is 0 Å². The Kier molecular flexibility index (Phi) is 2.79. The van der Waals surface area contributed by atoms with Gasteiger partial charge in [0.05, 0.1) is 11.2 Å². The summed E-state index contributed by atoms with van der Waals surface area (Å²) < 4.78 is 5.14. The maximum absolute atomic E-state index is 5.65. The van der Waals surface area contributed by atoms with Gasteiger partial charge in [0.1, 0.15) is 4.88 Å². The molecule has 2 aromatic rings. The number of hydrogen-bond donors (Lipinski definition) is 1. The first-order chi connectivity index (χ1) is 7.16. The largest absolute Gasteiger partial charge is 0.333 e. The molecule has 1 unspecified atom stereocenters. The van der Waals surface area contributed by atoms with Gasteiger partial charge >= 0.3 is 0 Å². The first-order valence-electron chi connectivity index (χ1n) is 4.65. The third-order valence-corrected chi connectivity index (χ3v) is 2.83. The molecular formula is C9H12N4OS. The van der Waals surface area contributed by atoms with Crippen LogP contribution in [-0.2, 0) is 6.42 Å². The Morgan fingerprint density at radius 3 is 3.00 bits per heavy atom. The fourth-order valence-electron chi connectivity index (χ4n) is 1.22. The zero-order valence-electron chi connectivity index (χ0n) is 8.60. The maximum Gasteiger partial charge on any atom is 0.269 e. The molecule has 2 aromatic heterocycles. The number of aromatic nitrogens is 3. The van der Waals surface area contributed by atoms with E-state index in [1.54, 1.807) is 5.51 Å². The SMILES string of the molecule is Cc1ncsc1-c1nc(CC(C)N)no1. The zero-order chi connectivity index (χ0) is 10.8. The second-order valence-corrected chi connectivity index (χ2v) is 4.32. The minimum atomic E-state index is 0.0398. The Labute approximate surface area is 91.3 Å². The summed E-state index contributed by atoms with van der Waals surface area (Å²) in [5.74, 6) is 1.18. The smallest absolute Gasteiger partial charge is 0.269 e. The number of nitrogens with zero attached hydrogens (tertiary/aromatic N) is 3. The van der Waals surface area contributed by atoms with Gasteiger partial charge in [-0.25, -0.2) is 4.98 Å². The van der Waals surface area contributed by atoms with E-state index in [-0.39, 0.29) is 6.04 Å². The summed E-state index contributed by atoms with van der Waals surface area (Å²) in [5.41, 5.74) is 8.33. The summed E-state index contributed by atoms with van der Waals surface area (Å²) >= 11 is 1.50. The lowest BCUT2D eigenvalue weighted by atomic mass is 10.2. The van der Waals surface area contributed by atoms with Crippen molar-refractivity contribution in [1.82, 2.24) is 15.1 Å². The number of rotatable bonds is 3. The summed E-state index contributed by atoms with van der Waals surface area (Å²) in [5, 5.41) is 3.87. The van der Waals surface area contributed by atoms with Gasteiger partial charge in [-0.05, 0) is 13.8 Å². The molecular weight excluding hydrogens is 212 g/mol. The Morgan fingerprint density at radius 2 is 2.40 bits per heavy atom. The second kappa shape index (κ2) is 4.08. The molecule has 1 atom stereocenters. The predicted molar refractivity (Wildman–Crippen MR) is 57.5 cm³/mol. The highest BCUT2D eigenvalue weighted by Gasteiger charge is 2.13. The molecule has 0 saturated heterocycles. The van der Waals surface area contributed by atoms with Crippen LogP contribution in [0.1, 0.15) is 18.4 Å². The van der Waals surface area contributed by atoms with Crippen molar-refractivity contribution in [2.24, 2.45) is 5.73 Å². The first-order valence-corrected chi connectivity index (χ1v) is 5.53. The molecule has 80 valence electrons. The minimum Gasteiger partial charge on any atom is -0.333 e. The third kappa shape index (κ3) is 2.21. The van der Waals surface area contributed by atoms with E-state index in [9.17, 15) is 0 Å². The summed E-state index contributed by atoms with van der Waals surface area (Å²) in [4.78, 5) is 9.32. The summed E-state index contributed by atoms with van der Waals surface area (Å²) in [6.45, 7) is 3.83. The Bertz CT molecular complexity index is 448. The van der Waals surface area contributed by atoms with Crippen LogP contribution in [0.25, 0.3) is 10.8 Å². The maximum atomic E-state index is 5.65. The monoisotopic (exact) mass is 224 g/mol. The van der Waals surface area contributed by atoms with E-state index >= 15 is 0 Å². The van der Waals surface area contributed by atoms with E-state index in [1.807, 2.05) is 13.8 Å². The molecule has 2 N–H and O–H groups in total. The van der Waals surface area contributed by atoms with Crippen molar-refractivity contribution in [2.75, 3.05) is 0 Å². The van der Waals surface area contributed by atoms with Crippen LogP contribution in [0.5, 0.6) is 0 Å². The highest BCUT2D eigenvalue weighted by Crippen LogP contribution is 2.25. The van der Waals surface area contributed by atoms with Crippen LogP contribution in [0.2, 0.25) is 0 Å². The molecule has 2 rings (SSSR count). The van der Waals surface area contributed by atoms with Crippen LogP contribution in [0.4, 0.5) is 0 Å². The van der Waals surface area contributed by atoms with Crippen molar-refractivity contribution in [3.05, 3.63) is 17.0 Å². The number of hydrogen-bond acceptors (Lipinski definition) is 6. The Hall–Kier alpha value is -1.27. The van der Waals surface area contributed by atoms with E-state index in [2.05, 4.69) is 15.1 Å². The molecule has 0 aliphatic rings. The van der Waals surface area contributed by atoms with Gasteiger partial charge in [-0.3, -0.25) is 0 Å². The van der Waals surface area contributed by atoms with E-state index < -0.39 is 0 Å². The van der Waals surface area contributed by atoms with Crippen molar-refractivity contribution in [3.8, 4) is 10.8 Å². The third-order valence-electron chi connectivity index (χ3n) is 1.91. The first kappa shape index (κ1) is 10.3. The zero-order valence-corrected chi connectivity index (χ0v) is 9.41. The molecule has 5 nitrogen and oxygen atoms in total. The van der Waals surface area contributed by atoms with Crippen molar-refractivity contribution >= 4 is 11.3 Å². The number of aryl methyl sites for hydroxylation is 1. The molecule has 0 bridgehead atoms. The van der Waals surface area contributed by atoms with Gasteiger partial charge in [-0.15, -0.1) is 11.3 Å². The molecule has 0 aliphatic heterocycles. The minimum absolute atomic E-state index is 0.0398. The van der Waals surface area contributed by atoms with Gasteiger partial charge < -0.3 is 10.3 Å². The van der Waals surface area contributed by atoms with Crippen LogP contribution in [0.3, 0.4) is 0 Å². The van der Waals surface area contributed by atoms with Crippen molar-refractivity contribution in [2.45, 2.75) is 26.3 Å². The number of nitrogens with two attached hydrogens (primary N) is 1. The lowest BCUT2D eigenvalue weighted by Gasteiger charge is -1.96. The van der Waals surface area contributed by atoms with E-state index in [0.717, 1.165) is 10.6 Å². The fourth-order valence-corrected chi connectivity index (χ4v) is 1.95. The molecule has 0 fully saturated rings. The Balaban J connectivity index is 2.24. The quantitative estimate of drug-likeness (QED) is 0.852. The van der Waals surface area contributed by atoms with Gasteiger partial charge in [0.15, 0.2) is 5.82 Å². The van der Waals surface area contributed by atoms with Crippen LogP contribution in [0, 0.1) is 6.92 Å². The Morgan fingerprint density at radius 1 is 1.60 bits per heavy atom. The number of thiazole rings is 1. The van der Waals surface area contributed by atoms with Crippen LogP contribution in [-0.4, -0.2) is 21.2 Å².